The third kappa shape index (κ3) is 2.90. The van der Waals surface area contributed by atoms with Crippen molar-refractivity contribution in [3.8, 4) is 12.3 Å². The Labute approximate surface area is 168 Å². The van der Waals surface area contributed by atoms with Crippen LogP contribution in [0, 0.1) is 41.4 Å². The molecule has 3 saturated carbocycles. The second kappa shape index (κ2) is 6.94. The molecule has 4 heteroatoms. The first-order valence-electron chi connectivity index (χ1n) is 10.8. The quantitative estimate of drug-likeness (QED) is 0.402. The van der Waals surface area contributed by atoms with Crippen LogP contribution in [-0.2, 0) is 19.1 Å². The molecular weight excluding hydrogens is 352 g/mol. The Morgan fingerprint density at radius 1 is 1.07 bits per heavy atom. The molecule has 0 aromatic rings. The van der Waals surface area contributed by atoms with Crippen LogP contribution in [0.3, 0.4) is 0 Å². The van der Waals surface area contributed by atoms with Gasteiger partial charge >= 0.3 is 11.9 Å². The van der Waals surface area contributed by atoms with Gasteiger partial charge < -0.3 is 9.47 Å². The topological polar surface area (TPSA) is 52.6 Å². The molecule has 4 rings (SSSR count). The van der Waals surface area contributed by atoms with Crippen LogP contribution < -0.4 is 0 Å². The van der Waals surface area contributed by atoms with E-state index >= 15 is 0 Å². The average molecular weight is 385 g/mol. The summed E-state index contributed by atoms with van der Waals surface area (Å²) in [6.07, 6.45) is 16.5. The SMILES string of the molecule is C#CC1(OC(C)=O)CC[C@H]2[C@@H]3CCC4=CC(OC(C)=O)CC[C@@H]4[C@H]3CC[C@@]21C. The minimum atomic E-state index is -0.739. The Balaban J connectivity index is 1.57. The summed E-state index contributed by atoms with van der Waals surface area (Å²) in [6.45, 7) is 5.23. The molecule has 4 nitrogen and oxygen atoms in total. The van der Waals surface area contributed by atoms with Crippen LogP contribution in [0.4, 0.5) is 0 Å². The van der Waals surface area contributed by atoms with Gasteiger partial charge in [-0.05, 0) is 81.1 Å². The number of fused-ring (bicyclic) bond motifs is 5. The van der Waals surface area contributed by atoms with Crippen molar-refractivity contribution in [3.05, 3.63) is 11.6 Å². The highest BCUT2D eigenvalue weighted by molar-refractivity contribution is 5.67. The van der Waals surface area contributed by atoms with Crippen molar-refractivity contribution in [1.29, 1.82) is 0 Å². The van der Waals surface area contributed by atoms with Crippen LogP contribution in [-0.4, -0.2) is 23.6 Å². The van der Waals surface area contributed by atoms with Gasteiger partial charge in [0.15, 0.2) is 5.60 Å². The van der Waals surface area contributed by atoms with Crippen molar-refractivity contribution >= 4 is 11.9 Å². The summed E-state index contributed by atoms with van der Waals surface area (Å²) in [5, 5.41) is 0. The summed E-state index contributed by atoms with van der Waals surface area (Å²) < 4.78 is 11.3. The lowest BCUT2D eigenvalue weighted by atomic mass is 9.50. The van der Waals surface area contributed by atoms with Gasteiger partial charge in [0.25, 0.3) is 0 Å². The number of carbonyl (C=O) groups excluding carboxylic acids is 2. The zero-order chi connectivity index (χ0) is 20.1. The number of hydrogen-bond donors (Lipinski definition) is 0. The van der Waals surface area contributed by atoms with Crippen molar-refractivity contribution in [2.45, 2.75) is 83.8 Å². The van der Waals surface area contributed by atoms with Gasteiger partial charge in [-0.3, -0.25) is 9.59 Å². The third-order valence-corrected chi connectivity index (χ3v) is 8.40. The van der Waals surface area contributed by atoms with E-state index in [1.54, 1.807) is 0 Å². The number of carbonyl (C=O) groups is 2. The van der Waals surface area contributed by atoms with Crippen LogP contribution in [0.15, 0.2) is 11.6 Å². The Morgan fingerprint density at radius 3 is 2.54 bits per heavy atom. The number of ether oxygens (including phenoxy) is 2. The summed E-state index contributed by atoms with van der Waals surface area (Å²) in [7, 11) is 0. The van der Waals surface area contributed by atoms with Crippen molar-refractivity contribution < 1.29 is 19.1 Å². The molecule has 0 amide bonds. The summed E-state index contributed by atoms with van der Waals surface area (Å²) >= 11 is 0. The molecular formula is C24H32O4. The maximum atomic E-state index is 11.8. The van der Waals surface area contributed by atoms with E-state index < -0.39 is 5.60 Å². The van der Waals surface area contributed by atoms with Gasteiger partial charge in [0.2, 0.25) is 0 Å². The van der Waals surface area contributed by atoms with E-state index in [1.165, 1.54) is 25.8 Å². The third-order valence-electron chi connectivity index (χ3n) is 8.40. The fourth-order valence-corrected chi connectivity index (χ4v) is 7.28. The second-order valence-corrected chi connectivity index (χ2v) is 9.61. The Kier molecular flexibility index (Phi) is 4.84. The minimum Gasteiger partial charge on any atom is -0.458 e. The molecule has 7 atom stereocenters. The van der Waals surface area contributed by atoms with Crippen molar-refractivity contribution in [2.24, 2.45) is 29.1 Å². The zero-order valence-electron chi connectivity index (χ0n) is 17.3. The van der Waals surface area contributed by atoms with Gasteiger partial charge in [0, 0.05) is 19.3 Å². The first-order chi connectivity index (χ1) is 13.3. The van der Waals surface area contributed by atoms with E-state index in [1.807, 2.05) is 0 Å². The summed E-state index contributed by atoms with van der Waals surface area (Å²) in [4.78, 5) is 23.1. The van der Waals surface area contributed by atoms with Crippen LogP contribution in [0.25, 0.3) is 0 Å². The highest BCUT2D eigenvalue weighted by Crippen LogP contribution is 2.65. The molecule has 4 aliphatic rings. The number of terminal acetylenes is 1. The summed E-state index contributed by atoms with van der Waals surface area (Å²) in [5.74, 6) is 4.94. The predicted octanol–water partition coefficient (Wildman–Crippen LogP) is 4.43. The Morgan fingerprint density at radius 2 is 1.86 bits per heavy atom. The van der Waals surface area contributed by atoms with Gasteiger partial charge in [-0.2, -0.15) is 0 Å². The Hall–Kier alpha value is -1.76. The smallest absolute Gasteiger partial charge is 0.304 e. The van der Waals surface area contributed by atoms with Gasteiger partial charge in [-0.1, -0.05) is 18.4 Å². The highest BCUT2D eigenvalue weighted by atomic mass is 16.6. The monoisotopic (exact) mass is 384 g/mol. The zero-order valence-corrected chi connectivity index (χ0v) is 17.3. The lowest BCUT2D eigenvalue weighted by molar-refractivity contribution is -0.167. The molecule has 0 aliphatic heterocycles. The molecule has 28 heavy (non-hydrogen) atoms. The van der Waals surface area contributed by atoms with E-state index in [-0.39, 0.29) is 23.5 Å². The van der Waals surface area contributed by atoms with E-state index in [2.05, 4.69) is 18.9 Å². The number of esters is 2. The van der Waals surface area contributed by atoms with E-state index in [4.69, 9.17) is 15.9 Å². The molecule has 152 valence electrons. The molecule has 3 fully saturated rings. The molecule has 0 N–H and O–H groups in total. The maximum absolute atomic E-state index is 11.8. The van der Waals surface area contributed by atoms with Crippen molar-refractivity contribution in [1.82, 2.24) is 0 Å². The number of hydrogen-bond acceptors (Lipinski definition) is 4. The lowest BCUT2D eigenvalue weighted by Crippen LogP contribution is -2.53. The fraction of sp³-hybridized carbons (Fsp3) is 0.750. The lowest BCUT2D eigenvalue weighted by Gasteiger charge is -2.55. The second-order valence-electron chi connectivity index (χ2n) is 9.61. The first kappa shape index (κ1) is 19.6. The fourth-order valence-electron chi connectivity index (χ4n) is 7.28. The Bertz CT molecular complexity index is 746. The van der Waals surface area contributed by atoms with Crippen LogP contribution in [0.1, 0.15) is 72.1 Å². The summed E-state index contributed by atoms with van der Waals surface area (Å²) in [5.41, 5.74) is 0.644. The van der Waals surface area contributed by atoms with Gasteiger partial charge in [0.05, 0.1) is 0 Å². The molecule has 0 aromatic heterocycles. The molecule has 0 radical (unpaired) electrons. The first-order valence-corrected chi connectivity index (χ1v) is 10.8. The predicted molar refractivity (Wildman–Crippen MR) is 106 cm³/mol. The highest BCUT2D eigenvalue weighted by Gasteiger charge is 2.64. The largest absolute Gasteiger partial charge is 0.458 e. The van der Waals surface area contributed by atoms with Crippen LogP contribution >= 0.6 is 0 Å². The molecule has 0 aromatic carbocycles. The van der Waals surface area contributed by atoms with E-state index in [0.29, 0.717) is 23.7 Å². The number of allylic oxidation sites excluding steroid dienone is 1. The minimum absolute atomic E-state index is 0.0429. The average Bonchev–Trinajstić information content (AvgIpc) is 2.93. The summed E-state index contributed by atoms with van der Waals surface area (Å²) in [6, 6.07) is 0. The molecule has 0 heterocycles. The maximum Gasteiger partial charge on any atom is 0.304 e. The normalized spacial score (nSPS) is 44.2. The van der Waals surface area contributed by atoms with Crippen LogP contribution in [0.5, 0.6) is 0 Å². The van der Waals surface area contributed by atoms with E-state index in [9.17, 15) is 9.59 Å². The van der Waals surface area contributed by atoms with Gasteiger partial charge in [-0.15, -0.1) is 6.42 Å². The van der Waals surface area contributed by atoms with Gasteiger partial charge in [0.1, 0.15) is 6.10 Å². The standard InChI is InChI=1S/C24H32O4/c1-5-24(28-16(3)26)13-11-22-21-8-6-17-14-18(27-15(2)25)7-9-19(17)20(21)10-12-23(22,24)4/h1,14,18-22H,6-13H2,2-4H3/t18?,19-,20+,21+,22-,23-,24?/m0/s1. The number of rotatable bonds is 2. The van der Waals surface area contributed by atoms with Crippen molar-refractivity contribution in [2.75, 3.05) is 0 Å². The molecule has 4 aliphatic carbocycles. The molecule has 0 spiro atoms. The van der Waals surface area contributed by atoms with Gasteiger partial charge in [-0.25, -0.2) is 0 Å². The molecule has 0 bridgehead atoms. The van der Waals surface area contributed by atoms with Crippen LogP contribution in [0.2, 0.25) is 0 Å². The van der Waals surface area contributed by atoms with E-state index in [0.717, 1.165) is 44.9 Å². The van der Waals surface area contributed by atoms with Crippen molar-refractivity contribution in [3.63, 3.8) is 0 Å². The molecule has 0 saturated heterocycles. The molecule has 2 unspecified atom stereocenters.